The fraction of sp³-hybridized carbons (Fsp3) is 0. The Balaban J connectivity index is 1.13. The van der Waals surface area contributed by atoms with E-state index >= 15 is 0 Å². The predicted octanol–water partition coefficient (Wildman–Crippen LogP) is 14.7. The van der Waals surface area contributed by atoms with E-state index in [1.165, 1.54) is 60.0 Å². The molecule has 0 saturated carbocycles. The molecule has 9 aromatic carbocycles. The molecule has 0 aliphatic carbocycles. The highest BCUT2D eigenvalue weighted by atomic mass is 16.4. The summed E-state index contributed by atoms with van der Waals surface area (Å²) in [6, 6.07) is 67.3. The molecule has 0 radical (unpaired) electrons. The summed E-state index contributed by atoms with van der Waals surface area (Å²) in [6.45, 7) is 0. The lowest BCUT2D eigenvalue weighted by molar-refractivity contribution is 0.611. The Morgan fingerprint density at radius 1 is 0.364 bits per heavy atom. The zero-order valence-electron chi connectivity index (χ0n) is 29.7. The summed E-state index contributed by atoms with van der Waals surface area (Å²) in [7, 11) is 0. The molecule has 3 heterocycles. The molecule has 0 fully saturated rings. The summed E-state index contributed by atoms with van der Waals surface area (Å²) in [5.41, 5.74) is 11.7. The van der Waals surface area contributed by atoms with E-state index in [0.29, 0.717) is 0 Å². The van der Waals surface area contributed by atoms with Gasteiger partial charge in [0.2, 0.25) is 0 Å². The van der Waals surface area contributed by atoms with E-state index in [9.17, 15) is 0 Å². The molecule has 0 N–H and O–H groups in total. The number of hydrogen-bond donors (Lipinski definition) is 0. The van der Waals surface area contributed by atoms with E-state index in [1.807, 2.05) is 18.2 Å². The lowest BCUT2D eigenvalue weighted by Crippen LogP contribution is -1.94. The molecule has 0 bridgehead atoms. The van der Waals surface area contributed by atoms with E-state index < -0.39 is 0 Å². The Morgan fingerprint density at radius 3 is 1.73 bits per heavy atom. The number of aromatic nitrogens is 1. The van der Waals surface area contributed by atoms with E-state index in [0.717, 1.165) is 55.5 Å². The van der Waals surface area contributed by atoms with Crippen LogP contribution >= 0.6 is 0 Å². The molecule has 0 aliphatic rings. The van der Waals surface area contributed by atoms with Gasteiger partial charge >= 0.3 is 0 Å². The number of hydrogen-bond acceptors (Lipinski definition) is 2. The van der Waals surface area contributed by atoms with Crippen LogP contribution in [-0.2, 0) is 0 Å². The summed E-state index contributed by atoms with van der Waals surface area (Å²) < 4.78 is 15.6. The molecule has 3 nitrogen and oxygen atoms in total. The van der Waals surface area contributed by atoms with Gasteiger partial charge in [0.05, 0.1) is 11.0 Å². The van der Waals surface area contributed by atoms with E-state index in [1.54, 1.807) is 0 Å². The molecule has 0 atom stereocenters. The second-order valence-corrected chi connectivity index (χ2v) is 14.4. The van der Waals surface area contributed by atoms with Crippen LogP contribution in [0.1, 0.15) is 0 Å². The van der Waals surface area contributed by atoms with Crippen LogP contribution in [0, 0.1) is 0 Å². The van der Waals surface area contributed by atoms with Gasteiger partial charge in [0.15, 0.2) is 11.2 Å². The fourth-order valence-corrected chi connectivity index (χ4v) is 9.04. The first kappa shape index (κ1) is 30.1. The van der Waals surface area contributed by atoms with Gasteiger partial charge in [-0.15, -0.1) is 0 Å². The molecule has 3 heteroatoms. The number of benzene rings is 9. The Morgan fingerprint density at radius 2 is 0.982 bits per heavy atom. The van der Waals surface area contributed by atoms with Crippen molar-refractivity contribution < 1.29 is 8.83 Å². The highest BCUT2D eigenvalue weighted by Crippen LogP contribution is 2.48. The Bertz CT molecular complexity index is 3420. The second kappa shape index (κ2) is 11.6. The minimum absolute atomic E-state index is 0.770. The molecule has 256 valence electrons. The largest absolute Gasteiger partial charge is 0.452 e. The molecule has 12 aromatic rings. The number of para-hydroxylation sites is 2. The fourth-order valence-electron chi connectivity index (χ4n) is 9.04. The predicted molar refractivity (Wildman–Crippen MR) is 229 cm³/mol. The van der Waals surface area contributed by atoms with Crippen molar-refractivity contribution in [1.82, 2.24) is 4.57 Å². The van der Waals surface area contributed by atoms with Gasteiger partial charge in [0, 0.05) is 38.2 Å². The van der Waals surface area contributed by atoms with Crippen molar-refractivity contribution in [3.63, 3.8) is 0 Å². The van der Waals surface area contributed by atoms with E-state index in [4.69, 9.17) is 8.83 Å². The highest BCUT2D eigenvalue weighted by molar-refractivity contribution is 6.27. The van der Waals surface area contributed by atoms with Crippen molar-refractivity contribution >= 4 is 76.3 Å². The standard InChI is InChI=1S/C52H31NO2/c1-3-14-32(15-4-1)47-31-34-27-29-43-50-42(23-13-25-46(50)54-52(43)51(34)55-47)49-40-21-9-7-19-38(40)48(39-20-8-10-22-41(39)49)33-26-28-37-36-18-11-12-24-44(36)53(45(37)30-33)35-16-5-2-6-17-35/h1-31H. The van der Waals surface area contributed by atoms with Crippen molar-refractivity contribution in [2.24, 2.45) is 0 Å². The zero-order chi connectivity index (χ0) is 36.0. The summed E-state index contributed by atoms with van der Waals surface area (Å²) >= 11 is 0. The first-order valence-electron chi connectivity index (χ1n) is 18.8. The van der Waals surface area contributed by atoms with Crippen LogP contribution in [0.3, 0.4) is 0 Å². The summed E-state index contributed by atoms with van der Waals surface area (Å²) in [5, 5.41) is 10.5. The van der Waals surface area contributed by atoms with Crippen molar-refractivity contribution in [3.05, 3.63) is 188 Å². The van der Waals surface area contributed by atoms with Crippen LogP contribution in [-0.4, -0.2) is 4.57 Å². The van der Waals surface area contributed by atoms with Gasteiger partial charge in [-0.3, -0.25) is 0 Å². The third-order valence-corrected chi connectivity index (χ3v) is 11.4. The number of furan rings is 2. The Labute approximate surface area is 315 Å². The molecule has 0 spiro atoms. The third-order valence-electron chi connectivity index (χ3n) is 11.4. The lowest BCUT2D eigenvalue weighted by Gasteiger charge is -2.18. The first-order valence-corrected chi connectivity index (χ1v) is 18.8. The van der Waals surface area contributed by atoms with Crippen LogP contribution in [0.15, 0.2) is 197 Å². The number of nitrogens with zero attached hydrogens (tertiary/aromatic N) is 1. The maximum Gasteiger partial charge on any atom is 0.178 e. The van der Waals surface area contributed by atoms with Crippen molar-refractivity contribution in [2.45, 2.75) is 0 Å². The van der Waals surface area contributed by atoms with Crippen LogP contribution in [0.5, 0.6) is 0 Å². The third kappa shape index (κ3) is 4.38. The Kier molecular flexibility index (Phi) is 6.34. The van der Waals surface area contributed by atoms with Crippen LogP contribution < -0.4 is 0 Å². The molecule has 3 aromatic heterocycles. The summed E-state index contributed by atoms with van der Waals surface area (Å²) in [6.07, 6.45) is 0. The molecular weight excluding hydrogens is 671 g/mol. The van der Waals surface area contributed by atoms with Gasteiger partial charge in [-0.1, -0.05) is 146 Å². The maximum atomic E-state index is 6.71. The first-order chi connectivity index (χ1) is 27.3. The normalized spacial score (nSPS) is 12.0. The zero-order valence-corrected chi connectivity index (χ0v) is 29.7. The van der Waals surface area contributed by atoms with Crippen LogP contribution in [0.25, 0.3) is 116 Å². The van der Waals surface area contributed by atoms with Gasteiger partial charge in [0.25, 0.3) is 0 Å². The molecule has 0 unspecified atom stereocenters. The quantitative estimate of drug-likeness (QED) is 0.171. The molecular formula is C52H31NO2. The monoisotopic (exact) mass is 701 g/mol. The van der Waals surface area contributed by atoms with Gasteiger partial charge in [-0.2, -0.15) is 0 Å². The topological polar surface area (TPSA) is 31.2 Å². The van der Waals surface area contributed by atoms with E-state index in [-0.39, 0.29) is 0 Å². The van der Waals surface area contributed by atoms with Crippen LogP contribution in [0.4, 0.5) is 0 Å². The molecule has 0 saturated heterocycles. The van der Waals surface area contributed by atoms with Crippen molar-refractivity contribution in [2.75, 3.05) is 0 Å². The molecule has 12 rings (SSSR count). The van der Waals surface area contributed by atoms with Gasteiger partial charge in [-0.25, -0.2) is 0 Å². The lowest BCUT2D eigenvalue weighted by atomic mass is 9.85. The van der Waals surface area contributed by atoms with Gasteiger partial charge < -0.3 is 13.4 Å². The van der Waals surface area contributed by atoms with Gasteiger partial charge in [-0.05, 0) is 86.3 Å². The SMILES string of the molecule is c1ccc(-c2cc3ccc4c(oc5cccc(-c6c7ccccc7c(-c7ccc8c9ccccc9n(-c9ccccc9)c8c7)c7ccccc67)c54)c3o2)cc1. The smallest absolute Gasteiger partial charge is 0.178 e. The highest BCUT2D eigenvalue weighted by Gasteiger charge is 2.23. The molecule has 0 aliphatic heterocycles. The average Bonchev–Trinajstić information content (AvgIpc) is 3.95. The Hall–Kier alpha value is -7.36. The van der Waals surface area contributed by atoms with Crippen molar-refractivity contribution in [1.29, 1.82) is 0 Å². The minimum atomic E-state index is 0.770. The number of rotatable bonds is 4. The molecule has 0 amide bonds. The maximum absolute atomic E-state index is 6.71. The number of fused-ring (bicyclic) bond motifs is 10. The average molecular weight is 702 g/mol. The van der Waals surface area contributed by atoms with E-state index in [2.05, 4.69) is 174 Å². The van der Waals surface area contributed by atoms with Crippen molar-refractivity contribution in [3.8, 4) is 39.3 Å². The van der Waals surface area contributed by atoms with Gasteiger partial charge in [0.1, 0.15) is 11.3 Å². The minimum Gasteiger partial charge on any atom is -0.452 e. The second-order valence-electron chi connectivity index (χ2n) is 14.4. The molecule has 55 heavy (non-hydrogen) atoms. The summed E-state index contributed by atoms with van der Waals surface area (Å²) in [5.74, 6) is 0.832. The van der Waals surface area contributed by atoms with Crippen LogP contribution in [0.2, 0.25) is 0 Å². The summed E-state index contributed by atoms with van der Waals surface area (Å²) in [4.78, 5) is 0.